The maximum Gasteiger partial charge on any atom is 0.419 e. The number of benzene rings is 1. The van der Waals surface area contributed by atoms with Gasteiger partial charge in [-0.3, -0.25) is 19.7 Å². The number of non-ortho nitro benzene ring substituents is 1. The molecule has 0 aliphatic carbocycles. The van der Waals surface area contributed by atoms with E-state index < -0.39 is 28.7 Å². The molecule has 2 aromatic rings. The van der Waals surface area contributed by atoms with Crippen molar-refractivity contribution in [2.75, 3.05) is 0 Å². The number of rotatable bonds is 6. The molecule has 0 saturated carbocycles. The summed E-state index contributed by atoms with van der Waals surface area (Å²) in [5.74, 6) is -0.544. The lowest BCUT2D eigenvalue weighted by Crippen LogP contribution is -2.26. The van der Waals surface area contributed by atoms with E-state index in [1.54, 1.807) is 33.8 Å². The minimum absolute atomic E-state index is 0.00725. The summed E-state index contributed by atoms with van der Waals surface area (Å²) in [7, 11) is 0. The number of hydrogen-bond acceptors (Lipinski definition) is 8. The third-order valence-corrected chi connectivity index (χ3v) is 3.90. The number of ether oxygens (including phenoxy) is 3. The van der Waals surface area contributed by atoms with Gasteiger partial charge in [-0.25, -0.2) is 9.36 Å². The fourth-order valence-corrected chi connectivity index (χ4v) is 2.77. The van der Waals surface area contributed by atoms with Crippen LogP contribution in [0.15, 0.2) is 18.3 Å². The molecule has 0 radical (unpaired) electrons. The number of nitro benzene ring substituents is 1. The van der Waals surface area contributed by atoms with Crippen LogP contribution in [0.25, 0.3) is 10.9 Å². The van der Waals surface area contributed by atoms with Crippen molar-refractivity contribution in [3.05, 3.63) is 39.6 Å². The Morgan fingerprint density at radius 1 is 1.31 bits per heavy atom. The van der Waals surface area contributed by atoms with Crippen molar-refractivity contribution in [3.8, 4) is 0 Å². The van der Waals surface area contributed by atoms with Crippen molar-refractivity contribution >= 4 is 35.1 Å². The summed E-state index contributed by atoms with van der Waals surface area (Å²) >= 11 is 0. The van der Waals surface area contributed by atoms with Crippen LogP contribution in [-0.4, -0.2) is 33.6 Å². The molecule has 1 unspecified atom stereocenters. The fraction of sp³-hybridized carbons (Fsp3) is 0.421. The minimum atomic E-state index is -0.831. The molecule has 0 amide bonds. The highest BCUT2D eigenvalue weighted by Crippen LogP contribution is 2.36. The van der Waals surface area contributed by atoms with Gasteiger partial charge in [0.1, 0.15) is 23.8 Å². The molecule has 1 heterocycles. The summed E-state index contributed by atoms with van der Waals surface area (Å²) in [5, 5.41) is 12.0. The van der Waals surface area contributed by atoms with E-state index in [4.69, 9.17) is 14.2 Å². The summed E-state index contributed by atoms with van der Waals surface area (Å²) in [6.45, 7) is 7.85. The van der Waals surface area contributed by atoms with Gasteiger partial charge >= 0.3 is 12.1 Å². The standard InChI is InChI=1S/C19H22N2O8/c1-11(28-10-22)15-8-20(18(24)29-19(3,4)5)17-14(15)6-13(9-27-12(2)23)7-16(17)21(25)26/h6-8,10-11H,9H2,1-5H3. The zero-order valence-corrected chi connectivity index (χ0v) is 16.8. The Morgan fingerprint density at radius 2 is 1.97 bits per heavy atom. The van der Waals surface area contributed by atoms with Crippen molar-refractivity contribution in [3.63, 3.8) is 0 Å². The van der Waals surface area contributed by atoms with Gasteiger partial charge in [-0.1, -0.05) is 0 Å². The van der Waals surface area contributed by atoms with E-state index in [1.165, 1.54) is 19.2 Å². The highest BCUT2D eigenvalue weighted by atomic mass is 16.6. The molecule has 0 aliphatic rings. The Labute approximate surface area is 166 Å². The molecule has 0 saturated heterocycles. The first-order valence-electron chi connectivity index (χ1n) is 8.72. The maximum absolute atomic E-state index is 12.7. The number of fused-ring (bicyclic) bond motifs is 1. The van der Waals surface area contributed by atoms with Crippen LogP contribution >= 0.6 is 0 Å². The van der Waals surface area contributed by atoms with Gasteiger partial charge in [-0.15, -0.1) is 0 Å². The lowest BCUT2D eigenvalue weighted by atomic mass is 10.1. The minimum Gasteiger partial charge on any atom is -0.461 e. The summed E-state index contributed by atoms with van der Waals surface area (Å²) in [4.78, 5) is 45.6. The van der Waals surface area contributed by atoms with Crippen molar-refractivity contribution in [2.45, 2.75) is 52.9 Å². The number of carbonyl (C=O) groups is 3. The van der Waals surface area contributed by atoms with Gasteiger partial charge in [0.2, 0.25) is 0 Å². The topological polar surface area (TPSA) is 127 Å². The third-order valence-electron chi connectivity index (χ3n) is 3.90. The monoisotopic (exact) mass is 406 g/mol. The Hall–Kier alpha value is -3.43. The van der Waals surface area contributed by atoms with Crippen molar-refractivity contribution < 1.29 is 33.5 Å². The average molecular weight is 406 g/mol. The SMILES string of the molecule is CC(=O)OCc1cc([N+](=O)[O-])c2c(c1)c(C(C)OC=O)cn2C(=O)OC(C)(C)C. The summed E-state index contributed by atoms with van der Waals surface area (Å²) < 4.78 is 16.3. The Morgan fingerprint density at radius 3 is 2.48 bits per heavy atom. The van der Waals surface area contributed by atoms with Gasteiger partial charge in [0.15, 0.2) is 0 Å². The van der Waals surface area contributed by atoms with E-state index in [1.807, 2.05) is 0 Å². The second kappa shape index (κ2) is 8.29. The molecule has 0 N–H and O–H groups in total. The van der Waals surface area contributed by atoms with Crippen LogP contribution in [-0.2, 0) is 30.4 Å². The fourth-order valence-electron chi connectivity index (χ4n) is 2.77. The lowest BCUT2D eigenvalue weighted by Gasteiger charge is -2.19. The molecule has 2 rings (SSSR count). The molecule has 1 aromatic carbocycles. The Kier molecular flexibility index (Phi) is 6.25. The lowest BCUT2D eigenvalue weighted by molar-refractivity contribution is -0.383. The number of esters is 1. The van der Waals surface area contributed by atoms with E-state index in [9.17, 15) is 24.5 Å². The molecule has 10 nitrogen and oxygen atoms in total. The quantitative estimate of drug-likeness (QED) is 0.234. The van der Waals surface area contributed by atoms with Gasteiger partial charge in [0, 0.05) is 30.1 Å². The molecule has 29 heavy (non-hydrogen) atoms. The van der Waals surface area contributed by atoms with Crippen LogP contribution < -0.4 is 0 Å². The summed E-state index contributed by atoms with van der Waals surface area (Å²) in [6.07, 6.45) is -0.264. The smallest absolute Gasteiger partial charge is 0.419 e. The largest absolute Gasteiger partial charge is 0.461 e. The van der Waals surface area contributed by atoms with Crippen LogP contribution in [0.4, 0.5) is 10.5 Å². The molecular formula is C19H22N2O8. The van der Waals surface area contributed by atoms with E-state index in [0.29, 0.717) is 16.5 Å². The Balaban J connectivity index is 2.76. The average Bonchev–Trinajstić information content (AvgIpc) is 2.97. The second-order valence-electron chi connectivity index (χ2n) is 7.36. The van der Waals surface area contributed by atoms with Crippen LogP contribution in [0.1, 0.15) is 51.8 Å². The van der Waals surface area contributed by atoms with Gasteiger partial charge < -0.3 is 14.2 Å². The first-order chi connectivity index (χ1) is 13.4. The molecule has 0 fully saturated rings. The summed E-state index contributed by atoms with van der Waals surface area (Å²) in [5.41, 5.74) is -0.498. The first kappa shape index (κ1) is 21.9. The van der Waals surface area contributed by atoms with Crippen LogP contribution in [0.2, 0.25) is 0 Å². The normalized spacial score (nSPS) is 12.3. The highest BCUT2D eigenvalue weighted by molar-refractivity contribution is 5.98. The number of nitrogens with zero attached hydrogens (tertiary/aromatic N) is 2. The molecular weight excluding hydrogens is 384 g/mol. The first-order valence-corrected chi connectivity index (χ1v) is 8.72. The molecule has 0 bridgehead atoms. The predicted molar refractivity (Wildman–Crippen MR) is 101 cm³/mol. The van der Waals surface area contributed by atoms with E-state index in [-0.39, 0.29) is 24.3 Å². The number of aromatic nitrogens is 1. The van der Waals surface area contributed by atoms with Crippen molar-refractivity contribution in [2.24, 2.45) is 0 Å². The molecule has 1 atom stereocenters. The van der Waals surface area contributed by atoms with Gasteiger partial charge in [-0.05, 0) is 39.3 Å². The molecule has 10 heteroatoms. The molecule has 1 aromatic heterocycles. The second-order valence-corrected chi connectivity index (χ2v) is 7.36. The van der Waals surface area contributed by atoms with E-state index in [2.05, 4.69) is 0 Å². The number of hydrogen-bond donors (Lipinski definition) is 0. The van der Waals surface area contributed by atoms with Crippen LogP contribution in [0, 0.1) is 10.1 Å². The Bertz CT molecular complexity index is 971. The van der Waals surface area contributed by atoms with Crippen LogP contribution in [0.5, 0.6) is 0 Å². The molecule has 0 aliphatic heterocycles. The molecule has 0 spiro atoms. The van der Waals surface area contributed by atoms with Gasteiger partial charge in [-0.2, -0.15) is 0 Å². The molecule has 156 valence electrons. The highest BCUT2D eigenvalue weighted by Gasteiger charge is 2.28. The third kappa shape index (κ3) is 5.09. The van der Waals surface area contributed by atoms with E-state index >= 15 is 0 Å². The number of nitro groups is 1. The number of carbonyl (C=O) groups excluding carboxylic acids is 3. The maximum atomic E-state index is 12.7. The van der Waals surface area contributed by atoms with E-state index in [0.717, 1.165) is 4.57 Å². The van der Waals surface area contributed by atoms with Crippen LogP contribution in [0.3, 0.4) is 0 Å². The summed E-state index contributed by atoms with van der Waals surface area (Å²) in [6, 6.07) is 2.77. The zero-order valence-electron chi connectivity index (χ0n) is 16.8. The zero-order chi connectivity index (χ0) is 21.9. The van der Waals surface area contributed by atoms with Gasteiger partial charge in [0.25, 0.3) is 12.2 Å². The van der Waals surface area contributed by atoms with Crippen molar-refractivity contribution in [1.82, 2.24) is 4.57 Å². The predicted octanol–water partition coefficient (Wildman–Crippen LogP) is 3.63. The van der Waals surface area contributed by atoms with Crippen molar-refractivity contribution in [1.29, 1.82) is 0 Å². The van der Waals surface area contributed by atoms with Gasteiger partial charge in [0.05, 0.1) is 4.92 Å².